The molecule has 11 heavy (non-hydrogen) atoms. The molecular weight excluding hydrogens is 138 g/mol. The van der Waals surface area contributed by atoms with E-state index in [-0.39, 0.29) is 0 Å². The highest BCUT2D eigenvalue weighted by atomic mass is 16.1. The molecule has 0 N–H and O–H groups in total. The molecule has 0 amide bonds. The van der Waals surface area contributed by atoms with E-state index in [0.717, 1.165) is 6.04 Å². The standard InChI is InChI=1S/C6H15N.C3H4O/c1-5-6(2)7(3)4;1-2-3-4/h6H,5H2,1-4H3;2-3H,1H2. The maximum atomic E-state index is 9.06. The summed E-state index contributed by atoms with van der Waals surface area (Å²) in [5.74, 6) is 0. The highest BCUT2D eigenvalue weighted by Crippen LogP contribution is 1.93. The van der Waals surface area contributed by atoms with Gasteiger partial charge in [0.15, 0.2) is 0 Å². The Balaban J connectivity index is 0. The molecule has 0 saturated heterocycles. The lowest BCUT2D eigenvalue weighted by Gasteiger charge is -2.16. The monoisotopic (exact) mass is 157 g/mol. The topological polar surface area (TPSA) is 20.3 Å². The van der Waals surface area contributed by atoms with Gasteiger partial charge < -0.3 is 4.90 Å². The fourth-order valence-corrected chi connectivity index (χ4v) is 0.365. The zero-order valence-corrected chi connectivity index (χ0v) is 8.00. The predicted octanol–water partition coefficient (Wildman–Crippen LogP) is 1.72. The van der Waals surface area contributed by atoms with E-state index in [1.54, 1.807) is 0 Å². The number of allylic oxidation sites excluding steroid dienone is 1. The van der Waals surface area contributed by atoms with Crippen molar-refractivity contribution in [2.75, 3.05) is 14.1 Å². The molecule has 0 aliphatic rings. The van der Waals surface area contributed by atoms with Crippen molar-refractivity contribution in [3.8, 4) is 0 Å². The molecule has 66 valence electrons. The minimum absolute atomic E-state index is 0.639. The fraction of sp³-hybridized carbons (Fsp3) is 0.667. The van der Waals surface area contributed by atoms with Crippen LogP contribution in [-0.4, -0.2) is 31.3 Å². The van der Waals surface area contributed by atoms with Crippen LogP contribution in [0.5, 0.6) is 0 Å². The first kappa shape index (κ1) is 13.0. The van der Waals surface area contributed by atoms with Gasteiger partial charge in [-0.3, -0.25) is 4.79 Å². The minimum atomic E-state index is 0.639. The normalized spacial score (nSPS) is 11.4. The van der Waals surface area contributed by atoms with E-state index < -0.39 is 0 Å². The Morgan fingerprint density at radius 2 is 1.91 bits per heavy atom. The van der Waals surface area contributed by atoms with Crippen molar-refractivity contribution in [2.24, 2.45) is 0 Å². The number of nitrogens with zero attached hydrogens (tertiary/aromatic N) is 1. The molecule has 1 atom stereocenters. The second-order valence-electron chi connectivity index (χ2n) is 2.59. The van der Waals surface area contributed by atoms with Crippen molar-refractivity contribution in [3.63, 3.8) is 0 Å². The quantitative estimate of drug-likeness (QED) is 0.459. The minimum Gasteiger partial charge on any atom is -0.307 e. The summed E-state index contributed by atoms with van der Waals surface area (Å²) < 4.78 is 0. The van der Waals surface area contributed by atoms with Crippen LogP contribution in [0.15, 0.2) is 12.7 Å². The van der Waals surface area contributed by atoms with Gasteiger partial charge in [0, 0.05) is 6.04 Å². The molecule has 0 spiro atoms. The fourth-order valence-electron chi connectivity index (χ4n) is 0.365. The second-order valence-corrected chi connectivity index (χ2v) is 2.59. The molecule has 0 heterocycles. The van der Waals surface area contributed by atoms with Crippen molar-refractivity contribution in [2.45, 2.75) is 26.3 Å². The third-order valence-electron chi connectivity index (χ3n) is 1.57. The van der Waals surface area contributed by atoms with Crippen molar-refractivity contribution in [3.05, 3.63) is 12.7 Å². The highest BCUT2D eigenvalue weighted by Gasteiger charge is 1.96. The lowest BCUT2D eigenvalue weighted by molar-refractivity contribution is -0.104. The van der Waals surface area contributed by atoms with Gasteiger partial charge in [0.05, 0.1) is 0 Å². The summed E-state index contributed by atoms with van der Waals surface area (Å²) in [5, 5.41) is 0. The summed E-state index contributed by atoms with van der Waals surface area (Å²) in [6.07, 6.45) is 3.08. The summed E-state index contributed by atoms with van der Waals surface area (Å²) in [4.78, 5) is 11.3. The van der Waals surface area contributed by atoms with Crippen molar-refractivity contribution in [1.82, 2.24) is 4.90 Å². The van der Waals surface area contributed by atoms with Crippen LogP contribution in [0.1, 0.15) is 20.3 Å². The molecule has 0 fully saturated rings. The molecule has 0 aliphatic carbocycles. The van der Waals surface area contributed by atoms with Crippen LogP contribution in [-0.2, 0) is 4.79 Å². The number of aldehydes is 1. The van der Waals surface area contributed by atoms with E-state index >= 15 is 0 Å². The molecule has 0 rings (SSSR count). The first-order chi connectivity index (χ1) is 5.09. The molecule has 0 aromatic rings. The van der Waals surface area contributed by atoms with Crippen LogP contribution in [0.25, 0.3) is 0 Å². The Kier molecular flexibility index (Phi) is 11.1. The molecule has 0 aromatic heterocycles. The van der Waals surface area contributed by atoms with Crippen molar-refractivity contribution >= 4 is 6.29 Å². The van der Waals surface area contributed by atoms with E-state index in [1.807, 2.05) is 0 Å². The molecule has 0 radical (unpaired) electrons. The van der Waals surface area contributed by atoms with Crippen LogP contribution in [0.4, 0.5) is 0 Å². The Labute approximate surface area is 69.9 Å². The van der Waals surface area contributed by atoms with Gasteiger partial charge in [-0.15, -0.1) is 0 Å². The van der Waals surface area contributed by atoms with Gasteiger partial charge >= 0.3 is 0 Å². The lowest BCUT2D eigenvalue weighted by atomic mass is 10.2. The summed E-state index contributed by atoms with van der Waals surface area (Å²) in [7, 11) is 4.21. The molecule has 0 aromatic carbocycles. The summed E-state index contributed by atoms with van der Waals surface area (Å²) in [6.45, 7) is 7.53. The van der Waals surface area contributed by atoms with Gasteiger partial charge in [-0.25, -0.2) is 0 Å². The number of hydrogen-bond donors (Lipinski definition) is 0. The number of hydrogen-bond acceptors (Lipinski definition) is 2. The Bertz CT molecular complexity index is 93.7. The average molecular weight is 157 g/mol. The summed E-state index contributed by atoms with van der Waals surface area (Å²) in [5.41, 5.74) is 0. The molecule has 0 bridgehead atoms. The van der Waals surface area contributed by atoms with Gasteiger partial charge in [0.1, 0.15) is 6.29 Å². The number of carbonyl (C=O) groups is 1. The predicted molar refractivity (Wildman–Crippen MR) is 49.7 cm³/mol. The lowest BCUT2D eigenvalue weighted by Crippen LogP contribution is -2.23. The molecule has 2 nitrogen and oxygen atoms in total. The van der Waals surface area contributed by atoms with E-state index in [0.29, 0.717) is 6.29 Å². The van der Waals surface area contributed by atoms with Crippen molar-refractivity contribution < 1.29 is 4.79 Å². The summed E-state index contributed by atoms with van der Waals surface area (Å²) >= 11 is 0. The van der Waals surface area contributed by atoms with Crippen LogP contribution in [0.3, 0.4) is 0 Å². The Morgan fingerprint density at radius 3 is 1.91 bits per heavy atom. The zero-order chi connectivity index (χ0) is 9.28. The number of carbonyl (C=O) groups excluding carboxylic acids is 1. The van der Waals surface area contributed by atoms with Gasteiger partial charge in [-0.05, 0) is 33.5 Å². The Hall–Kier alpha value is -0.630. The van der Waals surface area contributed by atoms with Gasteiger partial charge in [-0.2, -0.15) is 0 Å². The molecule has 2 heteroatoms. The highest BCUT2D eigenvalue weighted by molar-refractivity contribution is 5.63. The summed E-state index contributed by atoms with van der Waals surface area (Å²) in [6, 6.07) is 0.736. The molecular formula is C9H19NO. The van der Waals surface area contributed by atoms with E-state index in [1.165, 1.54) is 12.5 Å². The maximum Gasteiger partial charge on any atom is 0.142 e. The molecule has 0 aliphatic heterocycles. The van der Waals surface area contributed by atoms with Crippen LogP contribution >= 0.6 is 0 Å². The second kappa shape index (κ2) is 9.37. The van der Waals surface area contributed by atoms with Crippen LogP contribution in [0, 0.1) is 0 Å². The van der Waals surface area contributed by atoms with E-state index in [2.05, 4.69) is 39.4 Å². The molecule has 1 unspecified atom stereocenters. The zero-order valence-electron chi connectivity index (χ0n) is 8.00. The first-order valence-electron chi connectivity index (χ1n) is 3.82. The van der Waals surface area contributed by atoms with Crippen LogP contribution in [0.2, 0.25) is 0 Å². The third kappa shape index (κ3) is 12.5. The smallest absolute Gasteiger partial charge is 0.142 e. The third-order valence-corrected chi connectivity index (χ3v) is 1.57. The largest absolute Gasteiger partial charge is 0.307 e. The van der Waals surface area contributed by atoms with E-state index in [9.17, 15) is 0 Å². The number of rotatable bonds is 3. The Morgan fingerprint density at radius 1 is 1.55 bits per heavy atom. The van der Waals surface area contributed by atoms with E-state index in [4.69, 9.17) is 4.79 Å². The molecule has 0 saturated carbocycles. The van der Waals surface area contributed by atoms with Crippen molar-refractivity contribution in [1.29, 1.82) is 0 Å². The maximum absolute atomic E-state index is 9.06. The SMILES string of the molecule is C=CC=O.CCC(C)N(C)C. The first-order valence-corrected chi connectivity index (χ1v) is 3.82. The van der Waals surface area contributed by atoms with Gasteiger partial charge in [-0.1, -0.05) is 13.5 Å². The average Bonchev–Trinajstić information content (AvgIpc) is 2.03. The van der Waals surface area contributed by atoms with Crippen LogP contribution < -0.4 is 0 Å². The van der Waals surface area contributed by atoms with Gasteiger partial charge in [0.2, 0.25) is 0 Å². The van der Waals surface area contributed by atoms with Gasteiger partial charge in [0.25, 0.3) is 0 Å².